The Labute approximate surface area is 140 Å². The van der Waals surface area contributed by atoms with Crippen LogP contribution >= 0.6 is 0 Å². The van der Waals surface area contributed by atoms with E-state index in [0.29, 0.717) is 32.3 Å². The molecule has 0 aliphatic carbocycles. The lowest BCUT2D eigenvalue weighted by atomic mass is 10.0. The number of alkyl carbamates (subject to hydrolysis) is 1. The highest BCUT2D eigenvalue weighted by Crippen LogP contribution is 2.25. The van der Waals surface area contributed by atoms with Crippen LogP contribution in [0.5, 0.6) is 5.75 Å². The molecule has 132 valence electrons. The number of nitrogens with one attached hydrogen (secondary N) is 1. The first kappa shape index (κ1) is 19.3. The molecule has 0 bridgehead atoms. The van der Waals surface area contributed by atoms with Crippen molar-refractivity contribution in [3.8, 4) is 5.75 Å². The molecule has 1 aromatic carbocycles. The quantitative estimate of drug-likeness (QED) is 0.735. The van der Waals surface area contributed by atoms with Gasteiger partial charge in [0.2, 0.25) is 0 Å². The molecule has 1 amide bonds. The van der Waals surface area contributed by atoms with Gasteiger partial charge in [0, 0.05) is 7.97 Å². The first-order valence-corrected chi connectivity index (χ1v) is 8.06. The van der Waals surface area contributed by atoms with Crippen LogP contribution in [0.2, 0.25) is 0 Å². The number of carbonyl (C=O) groups excluding carboxylic acids is 1. The topological polar surface area (TPSA) is 56.8 Å². The molecule has 0 atom stereocenters. The first-order chi connectivity index (χ1) is 10.8. The van der Waals surface area contributed by atoms with E-state index in [4.69, 9.17) is 14.2 Å². The van der Waals surface area contributed by atoms with Gasteiger partial charge in [0.25, 0.3) is 0 Å². The third kappa shape index (κ3) is 8.45. The van der Waals surface area contributed by atoms with Crippen LogP contribution in [0.3, 0.4) is 0 Å². The maximum atomic E-state index is 11.4. The van der Waals surface area contributed by atoms with Crippen molar-refractivity contribution in [2.24, 2.45) is 0 Å². The third-order valence-corrected chi connectivity index (χ3v) is 2.94. The zero-order valence-electron chi connectivity index (χ0n) is 14.8. The highest BCUT2D eigenvalue weighted by molar-refractivity contribution is 5.67. The second-order valence-corrected chi connectivity index (χ2v) is 6.58. The molecule has 23 heavy (non-hydrogen) atoms. The van der Waals surface area contributed by atoms with E-state index in [2.05, 4.69) is 25.2 Å². The summed E-state index contributed by atoms with van der Waals surface area (Å²) in [7, 11) is 0. The van der Waals surface area contributed by atoms with Crippen LogP contribution in [0.25, 0.3) is 0 Å². The number of hydrogen-bond donors (Lipinski definition) is 1. The summed E-state index contributed by atoms with van der Waals surface area (Å²) in [5.41, 5.74) is 0.710. The molecule has 0 radical (unpaired) electrons. The molecular formula is C18H31NO4. The Morgan fingerprint density at radius 3 is 2.52 bits per heavy atom. The predicted molar refractivity (Wildman–Crippen MR) is 93.2 cm³/mol. The normalized spacial score (nSPS) is 11.4. The third-order valence-electron chi connectivity index (χ3n) is 2.94. The van der Waals surface area contributed by atoms with E-state index in [0.717, 1.165) is 5.75 Å². The van der Waals surface area contributed by atoms with Crippen LogP contribution in [-0.4, -0.2) is 38.1 Å². The Morgan fingerprint density at radius 1 is 1.17 bits per heavy atom. The van der Waals surface area contributed by atoms with Gasteiger partial charge in [0.1, 0.15) is 18.0 Å². The SMILES string of the molecule is CC(C)c1ccccc1OCCOCCNC(=O)OC(C)(C)C.[HH]. The lowest BCUT2D eigenvalue weighted by Crippen LogP contribution is -2.34. The molecule has 0 aromatic heterocycles. The average Bonchev–Trinajstić information content (AvgIpc) is 2.44. The largest absolute Gasteiger partial charge is 0.491 e. The Morgan fingerprint density at radius 2 is 1.87 bits per heavy atom. The summed E-state index contributed by atoms with van der Waals surface area (Å²) >= 11 is 0. The van der Waals surface area contributed by atoms with Crippen molar-refractivity contribution in [2.75, 3.05) is 26.4 Å². The number of hydrogen-bond acceptors (Lipinski definition) is 4. The van der Waals surface area contributed by atoms with Gasteiger partial charge in [-0.2, -0.15) is 0 Å². The fourth-order valence-electron chi connectivity index (χ4n) is 1.94. The van der Waals surface area contributed by atoms with E-state index < -0.39 is 11.7 Å². The van der Waals surface area contributed by atoms with Gasteiger partial charge in [-0.25, -0.2) is 4.79 Å². The summed E-state index contributed by atoms with van der Waals surface area (Å²) in [5, 5.41) is 2.64. The summed E-state index contributed by atoms with van der Waals surface area (Å²) < 4.78 is 16.3. The van der Waals surface area contributed by atoms with Gasteiger partial charge >= 0.3 is 6.09 Å². The lowest BCUT2D eigenvalue weighted by Gasteiger charge is -2.19. The lowest BCUT2D eigenvalue weighted by molar-refractivity contribution is 0.0488. The summed E-state index contributed by atoms with van der Waals surface area (Å²) in [5.74, 6) is 1.32. The standard InChI is InChI=1S/C18H29NO4.H2/c1-14(2)15-8-6-7-9-16(15)22-13-12-21-11-10-19-17(20)23-18(3,4)5;/h6-9,14H,10-13H2,1-5H3,(H,19,20);1H. The van der Waals surface area contributed by atoms with Crippen LogP contribution in [0.1, 0.15) is 47.5 Å². The van der Waals surface area contributed by atoms with Gasteiger partial charge in [-0.05, 0) is 38.3 Å². The van der Waals surface area contributed by atoms with E-state index in [1.54, 1.807) is 0 Å². The number of rotatable bonds is 8. The van der Waals surface area contributed by atoms with Crippen molar-refractivity contribution in [3.63, 3.8) is 0 Å². The van der Waals surface area contributed by atoms with Crippen molar-refractivity contribution in [1.29, 1.82) is 0 Å². The molecule has 1 aromatic rings. The van der Waals surface area contributed by atoms with Gasteiger partial charge in [-0.1, -0.05) is 32.0 Å². The Bertz CT molecular complexity index is 486. The molecule has 0 unspecified atom stereocenters. The summed E-state index contributed by atoms with van der Waals surface area (Å²) in [6.07, 6.45) is -0.428. The second-order valence-electron chi connectivity index (χ2n) is 6.58. The fraction of sp³-hybridized carbons (Fsp3) is 0.611. The van der Waals surface area contributed by atoms with Crippen molar-refractivity contribution in [2.45, 2.75) is 46.1 Å². The van der Waals surface area contributed by atoms with Crippen LogP contribution in [0.15, 0.2) is 24.3 Å². The summed E-state index contributed by atoms with van der Waals surface area (Å²) in [4.78, 5) is 11.4. The van der Waals surface area contributed by atoms with E-state index in [-0.39, 0.29) is 1.43 Å². The zero-order valence-corrected chi connectivity index (χ0v) is 14.8. The Balaban J connectivity index is 0.00000529. The average molecular weight is 325 g/mol. The van der Waals surface area contributed by atoms with Crippen LogP contribution in [0.4, 0.5) is 4.79 Å². The molecule has 0 aliphatic heterocycles. The Kier molecular flexibility index (Phi) is 7.89. The number of ether oxygens (including phenoxy) is 3. The molecule has 0 spiro atoms. The molecule has 0 fully saturated rings. The van der Waals surface area contributed by atoms with E-state index >= 15 is 0 Å². The summed E-state index contributed by atoms with van der Waals surface area (Å²) in [6.45, 7) is 11.6. The molecule has 1 N–H and O–H groups in total. The molecule has 0 saturated heterocycles. The minimum atomic E-state index is -0.484. The highest BCUT2D eigenvalue weighted by atomic mass is 16.6. The monoisotopic (exact) mass is 325 g/mol. The molecule has 0 aliphatic rings. The smallest absolute Gasteiger partial charge is 0.407 e. The Hall–Kier alpha value is -1.75. The van der Waals surface area contributed by atoms with Gasteiger partial charge in [-0.3, -0.25) is 0 Å². The van der Waals surface area contributed by atoms with E-state index in [1.165, 1.54) is 5.56 Å². The minimum absolute atomic E-state index is 0. The molecule has 5 heteroatoms. The van der Waals surface area contributed by atoms with Gasteiger partial charge < -0.3 is 19.5 Å². The second kappa shape index (κ2) is 9.40. The molecule has 1 rings (SSSR count). The molecular weight excluding hydrogens is 294 g/mol. The maximum Gasteiger partial charge on any atom is 0.407 e. The number of amides is 1. The van der Waals surface area contributed by atoms with Crippen LogP contribution in [-0.2, 0) is 9.47 Å². The maximum absolute atomic E-state index is 11.4. The fourth-order valence-corrected chi connectivity index (χ4v) is 1.94. The van der Waals surface area contributed by atoms with Crippen LogP contribution < -0.4 is 10.1 Å². The number of benzene rings is 1. The van der Waals surface area contributed by atoms with Gasteiger partial charge in [0.15, 0.2) is 0 Å². The van der Waals surface area contributed by atoms with Crippen molar-refractivity contribution in [3.05, 3.63) is 29.8 Å². The molecule has 0 saturated carbocycles. The number of para-hydroxylation sites is 1. The van der Waals surface area contributed by atoms with Crippen molar-refractivity contribution < 1.29 is 20.4 Å². The summed E-state index contributed by atoms with van der Waals surface area (Å²) in [6, 6.07) is 8.03. The minimum Gasteiger partial charge on any atom is -0.491 e. The highest BCUT2D eigenvalue weighted by Gasteiger charge is 2.15. The van der Waals surface area contributed by atoms with E-state index in [1.807, 2.05) is 39.0 Å². The van der Waals surface area contributed by atoms with Gasteiger partial charge in [-0.15, -0.1) is 0 Å². The molecule has 0 heterocycles. The van der Waals surface area contributed by atoms with Crippen molar-refractivity contribution >= 4 is 6.09 Å². The number of carbonyl (C=O) groups is 1. The first-order valence-electron chi connectivity index (χ1n) is 8.06. The zero-order chi connectivity index (χ0) is 17.3. The van der Waals surface area contributed by atoms with Crippen molar-refractivity contribution in [1.82, 2.24) is 5.32 Å². The predicted octanol–water partition coefficient (Wildman–Crippen LogP) is 3.98. The molecule has 5 nitrogen and oxygen atoms in total. The van der Waals surface area contributed by atoms with E-state index in [9.17, 15) is 4.79 Å². The van der Waals surface area contributed by atoms with Gasteiger partial charge in [0.05, 0.1) is 13.2 Å². The van der Waals surface area contributed by atoms with Crippen LogP contribution in [0, 0.1) is 0 Å².